The van der Waals surface area contributed by atoms with Crippen LogP contribution in [0.3, 0.4) is 0 Å². The van der Waals surface area contributed by atoms with Gasteiger partial charge in [-0.1, -0.05) is 42.5 Å². The standard InChI is InChI=1S/C18H19NO2/c19-15-17-10-4-5-11-18(17)21-14-13-20-12-6-9-16-7-2-1-3-8-16/h1-5,7-8,10-11H,6,9,12-14H2. The van der Waals surface area contributed by atoms with Crippen LogP contribution in [0.15, 0.2) is 54.6 Å². The molecule has 0 unspecified atom stereocenters. The fourth-order valence-corrected chi connectivity index (χ4v) is 2.02. The van der Waals surface area contributed by atoms with E-state index in [2.05, 4.69) is 30.3 Å². The molecule has 2 aromatic rings. The summed E-state index contributed by atoms with van der Waals surface area (Å²) in [5.74, 6) is 0.618. The van der Waals surface area contributed by atoms with Crippen molar-refractivity contribution < 1.29 is 9.47 Å². The van der Waals surface area contributed by atoms with Gasteiger partial charge in [0.2, 0.25) is 0 Å². The molecule has 0 saturated carbocycles. The van der Waals surface area contributed by atoms with Crippen LogP contribution in [0.5, 0.6) is 5.75 Å². The third-order valence-corrected chi connectivity index (χ3v) is 3.09. The molecular formula is C18H19NO2. The Bertz CT molecular complexity index is 575. The molecule has 0 radical (unpaired) electrons. The molecule has 0 N–H and O–H groups in total. The lowest BCUT2D eigenvalue weighted by Gasteiger charge is -2.08. The summed E-state index contributed by atoms with van der Waals surface area (Å²) >= 11 is 0. The molecule has 0 aliphatic rings. The Labute approximate surface area is 125 Å². The maximum atomic E-state index is 8.94. The molecule has 0 aliphatic heterocycles. The number of rotatable bonds is 8. The Morgan fingerprint density at radius 1 is 0.857 bits per heavy atom. The molecule has 21 heavy (non-hydrogen) atoms. The number of nitrogens with zero attached hydrogens (tertiary/aromatic N) is 1. The van der Waals surface area contributed by atoms with E-state index >= 15 is 0 Å². The molecule has 0 amide bonds. The van der Waals surface area contributed by atoms with Crippen LogP contribution >= 0.6 is 0 Å². The van der Waals surface area contributed by atoms with Crippen molar-refractivity contribution in [3.63, 3.8) is 0 Å². The van der Waals surface area contributed by atoms with E-state index in [9.17, 15) is 0 Å². The first kappa shape index (κ1) is 15.1. The largest absolute Gasteiger partial charge is 0.490 e. The Kier molecular flexibility index (Phi) is 6.31. The van der Waals surface area contributed by atoms with Crippen LogP contribution in [0.2, 0.25) is 0 Å². The molecule has 0 aromatic heterocycles. The summed E-state index contributed by atoms with van der Waals surface area (Å²) in [7, 11) is 0. The highest BCUT2D eigenvalue weighted by Gasteiger charge is 2.00. The molecule has 0 atom stereocenters. The summed E-state index contributed by atoms with van der Waals surface area (Å²) in [6, 6.07) is 19.7. The minimum Gasteiger partial charge on any atom is -0.490 e. The van der Waals surface area contributed by atoms with Crippen LogP contribution in [0.1, 0.15) is 17.5 Å². The van der Waals surface area contributed by atoms with Gasteiger partial charge in [-0.25, -0.2) is 0 Å². The van der Waals surface area contributed by atoms with Gasteiger partial charge < -0.3 is 9.47 Å². The SMILES string of the molecule is N#Cc1ccccc1OCCOCCCc1ccccc1. The molecule has 2 aromatic carbocycles. The number of para-hydroxylation sites is 1. The lowest BCUT2D eigenvalue weighted by atomic mass is 10.1. The van der Waals surface area contributed by atoms with Crippen LogP contribution in [0.25, 0.3) is 0 Å². The maximum Gasteiger partial charge on any atom is 0.137 e. The van der Waals surface area contributed by atoms with Crippen LogP contribution in [-0.2, 0) is 11.2 Å². The lowest BCUT2D eigenvalue weighted by molar-refractivity contribution is 0.0984. The molecule has 0 bridgehead atoms. The minimum atomic E-state index is 0.462. The second-order valence-corrected chi connectivity index (χ2v) is 4.66. The third kappa shape index (κ3) is 5.29. The fourth-order valence-electron chi connectivity index (χ4n) is 2.02. The highest BCUT2D eigenvalue weighted by Crippen LogP contribution is 2.16. The summed E-state index contributed by atoms with van der Waals surface area (Å²) in [6.07, 6.45) is 2.03. The Morgan fingerprint density at radius 2 is 1.62 bits per heavy atom. The van der Waals surface area contributed by atoms with Crippen molar-refractivity contribution in [1.82, 2.24) is 0 Å². The van der Waals surface area contributed by atoms with E-state index in [1.807, 2.05) is 18.2 Å². The molecule has 0 aliphatic carbocycles. The second-order valence-electron chi connectivity index (χ2n) is 4.66. The Balaban J connectivity index is 1.57. The van der Waals surface area contributed by atoms with Gasteiger partial charge in [-0.2, -0.15) is 5.26 Å². The molecular weight excluding hydrogens is 262 g/mol. The van der Waals surface area contributed by atoms with E-state index in [-0.39, 0.29) is 0 Å². The third-order valence-electron chi connectivity index (χ3n) is 3.09. The van der Waals surface area contributed by atoms with Crippen LogP contribution in [0.4, 0.5) is 0 Å². The van der Waals surface area contributed by atoms with Crippen LogP contribution < -0.4 is 4.74 Å². The zero-order valence-electron chi connectivity index (χ0n) is 12.0. The van der Waals surface area contributed by atoms with Crippen molar-refractivity contribution in [2.24, 2.45) is 0 Å². The molecule has 3 heteroatoms. The molecule has 3 nitrogen and oxygen atoms in total. The first-order valence-electron chi connectivity index (χ1n) is 7.14. The zero-order chi connectivity index (χ0) is 14.8. The van der Waals surface area contributed by atoms with Gasteiger partial charge in [-0.15, -0.1) is 0 Å². The van der Waals surface area contributed by atoms with Crippen molar-refractivity contribution in [2.45, 2.75) is 12.8 Å². The summed E-state index contributed by atoms with van der Waals surface area (Å²) in [5.41, 5.74) is 1.89. The minimum absolute atomic E-state index is 0.462. The van der Waals surface area contributed by atoms with Crippen molar-refractivity contribution >= 4 is 0 Å². The molecule has 0 saturated heterocycles. The monoisotopic (exact) mass is 281 g/mol. The first-order valence-corrected chi connectivity index (χ1v) is 7.14. The fraction of sp³-hybridized carbons (Fsp3) is 0.278. The zero-order valence-corrected chi connectivity index (χ0v) is 12.0. The molecule has 0 spiro atoms. The van der Waals surface area contributed by atoms with Crippen molar-refractivity contribution in [3.05, 3.63) is 65.7 Å². The predicted molar refractivity (Wildman–Crippen MR) is 82.2 cm³/mol. The number of aryl methyl sites for hydroxylation is 1. The van der Waals surface area contributed by atoms with E-state index in [1.165, 1.54) is 5.56 Å². The quantitative estimate of drug-likeness (QED) is 0.694. The molecule has 0 fully saturated rings. The normalized spacial score (nSPS) is 10.0. The second kappa shape index (κ2) is 8.78. The van der Waals surface area contributed by atoms with Gasteiger partial charge in [0.05, 0.1) is 12.2 Å². The van der Waals surface area contributed by atoms with Gasteiger partial charge in [0.25, 0.3) is 0 Å². The van der Waals surface area contributed by atoms with E-state index in [0.717, 1.165) is 19.4 Å². The summed E-state index contributed by atoms with van der Waals surface area (Å²) in [5, 5.41) is 8.94. The Morgan fingerprint density at radius 3 is 2.43 bits per heavy atom. The van der Waals surface area contributed by atoms with Crippen molar-refractivity contribution in [3.8, 4) is 11.8 Å². The van der Waals surface area contributed by atoms with Gasteiger partial charge in [0.15, 0.2) is 0 Å². The summed E-state index contributed by atoms with van der Waals surface area (Å²) in [4.78, 5) is 0. The Hall–Kier alpha value is -2.31. The van der Waals surface area contributed by atoms with E-state index in [4.69, 9.17) is 14.7 Å². The van der Waals surface area contributed by atoms with Crippen LogP contribution in [-0.4, -0.2) is 19.8 Å². The van der Waals surface area contributed by atoms with Crippen LogP contribution in [0, 0.1) is 11.3 Å². The highest BCUT2D eigenvalue weighted by atomic mass is 16.5. The first-order chi connectivity index (χ1) is 10.4. The van der Waals surface area contributed by atoms with Gasteiger partial charge in [-0.05, 0) is 30.5 Å². The highest BCUT2D eigenvalue weighted by molar-refractivity contribution is 5.42. The van der Waals surface area contributed by atoms with Gasteiger partial charge in [0.1, 0.15) is 18.4 Å². The summed E-state index contributed by atoms with van der Waals surface area (Å²) in [6.45, 7) is 1.72. The van der Waals surface area contributed by atoms with Gasteiger partial charge >= 0.3 is 0 Å². The van der Waals surface area contributed by atoms with Gasteiger partial charge in [-0.3, -0.25) is 0 Å². The number of benzene rings is 2. The molecule has 2 rings (SSSR count). The van der Waals surface area contributed by atoms with Crippen molar-refractivity contribution in [1.29, 1.82) is 5.26 Å². The summed E-state index contributed by atoms with van der Waals surface area (Å²) < 4.78 is 11.1. The average Bonchev–Trinajstić information content (AvgIpc) is 2.55. The van der Waals surface area contributed by atoms with Gasteiger partial charge in [0, 0.05) is 6.61 Å². The lowest BCUT2D eigenvalue weighted by Crippen LogP contribution is -2.08. The maximum absolute atomic E-state index is 8.94. The number of ether oxygens (including phenoxy) is 2. The van der Waals surface area contributed by atoms with E-state index in [0.29, 0.717) is 24.5 Å². The number of nitriles is 1. The molecule has 0 heterocycles. The number of hydrogen-bond donors (Lipinski definition) is 0. The molecule has 108 valence electrons. The van der Waals surface area contributed by atoms with E-state index < -0.39 is 0 Å². The van der Waals surface area contributed by atoms with E-state index in [1.54, 1.807) is 12.1 Å². The topological polar surface area (TPSA) is 42.2 Å². The van der Waals surface area contributed by atoms with Crippen molar-refractivity contribution in [2.75, 3.05) is 19.8 Å². The average molecular weight is 281 g/mol. The predicted octanol–water partition coefficient (Wildman–Crippen LogP) is 3.59. The number of hydrogen-bond acceptors (Lipinski definition) is 3. The smallest absolute Gasteiger partial charge is 0.137 e.